The SMILES string of the molecule is O=S(=O)([O-])OCC(COS(=O)(=O)[O-])OCc1ccccc1.[Na+].[Na+]. The van der Waals surface area contributed by atoms with Gasteiger partial charge in [-0.25, -0.2) is 16.8 Å². The van der Waals surface area contributed by atoms with Gasteiger partial charge in [0.25, 0.3) is 0 Å². The van der Waals surface area contributed by atoms with Gasteiger partial charge in [0.15, 0.2) is 0 Å². The van der Waals surface area contributed by atoms with E-state index in [-0.39, 0.29) is 65.7 Å². The van der Waals surface area contributed by atoms with Gasteiger partial charge in [-0.3, -0.25) is 8.37 Å². The molecule has 9 nitrogen and oxygen atoms in total. The van der Waals surface area contributed by atoms with Crippen LogP contribution in [0.2, 0.25) is 0 Å². The number of benzene rings is 1. The Balaban J connectivity index is 0. The Hall–Kier alpha value is 0.920. The Kier molecular flexibility index (Phi) is 14.0. The summed E-state index contributed by atoms with van der Waals surface area (Å²) in [5, 5.41) is 0. The van der Waals surface area contributed by atoms with Gasteiger partial charge in [-0.05, 0) is 5.56 Å². The first kappa shape index (κ1) is 26.2. The van der Waals surface area contributed by atoms with Crippen LogP contribution in [0.4, 0.5) is 0 Å². The molecule has 23 heavy (non-hydrogen) atoms. The third kappa shape index (κ3) is 14.9. The zero-order valence-electron chi connectivity index (χ0n) is 12.6. The molecule has 1 aromatic carbocycles. The van der Waals surface area contributed by atoms with Crippen molar-refractivity contribution in [3.05, 3.63) is 35.9 Å². The maximum Gasteiger partial charge on any atom is 1.00 e. The van der Waals surface area contributed by atoms with Gasteiger partial charge in [0, 0.05) is 0 Å². The van der Waals surface area contributed by atoms with Crippen molar-refractivity contribution in [2.75, 3.05) is 13.2 Å². The first-order valence-electron chi connectivity index (χ1n) is 5.52. The van der Waals surface area contributed by atoms with E-state index in [2.05, 4.69) is 8.37 Å². The van der Waals surface area contributed by atoms with Crippen LogP contribution in [0.15, 0.2) is 30.3 Å². The van der Waals surface area contributed by atoms with Crippen molar-refractivity contribution in [3.8, 4) is 0 Å². The van der Waals surface area contributed by atoms with E-state index < -0.39 is 40.1 Å². The van der Waals surface area contributed by atoms with Gasteiger partial charge in [-0.1, -0.05) is 30.3 Å². The van der Waals surface area contributed by atoms with Crippen molar-refractivity contribution in [3.63, 3.8) is 0 Å². The Bertz CT molecular complexity index is 598. The molecule has 0 saturated carbocycles. The van der Waals surface area contributed by atoms with E-state index in [0.717, 1.165) is 0 Å². The van der Waals surface area contributed by atoms with E-state index in [4.69, 9.17) is 4.74 Å². The smallest absolute Gasteiger partial charge is 0.726 e. The van der Waals surface area contributed by atoms with Crippen molar-refractivity contribution in [2.24, 2.45) is 0 Å². The zero-order chi connectivity index (χ0) is 15.9. The molecule has 0 N–H and O–H groups in total. The van der Waals surface area contributed by atoms with E-state index in [0.29, 0.717) is 5.56 Å². The van der Waals surface area contributed by atoms with Gasteiger partial charge in [0.1, 0.15) is 6.10 Å². The fourth-order valence-corrected chi connectivity index (χ4v) is 1.89. The molecule has 0 bridgehead atoms. The molecule has 1 aromatic rings. The van der Waals surface area contributed by atoms with Crippen LogP contribution in [0.3, 0.4) is 0 Å². The molecule has 0 spiro atoms. The van der Waals surface area contributed by atoms with Gasteiger partial charge >= 0.3 is 59.1 Å². The molecule has 0 fully saturated rings. The first-order valence-corrected chi connectivity index (χ1v) is 8.18. The maximum absolute atomic E-state index is 10.4. The summed E-state index contributed by atoms with van der Waals surface area (Å²) >= 11 is 0. The third-order valence-corrected chi connectivity index (χ3v) is 2.97. The van der Waals surface area contributed by atoms with Gasteiger partial charge in [0.2, 0.25) is 20.8 Å². The standard InChI is InChI=1S/C10H14O9S2.2Na/c11-20(12,13)18-7-10(8-19-21(14,15)16)17-6-9-4-2-1-3-5-9;;/h1-5,10H,6-8H2,(H,11,12,13)(H,14,15,16);;/q;2*+1/p-2. The fourth-order valence-electron chi connectivity index (χ4n) is 1.25. The predicted molar refractivity (Wildman–Crippen MR) is 66.3 cm³/mol. The number of ether oxygens (including phenoxy) is 1. The van der Waals surface area contributed by atoms with E-state index in [1.807, 2.05) is 0 Å². The molecule has 0 unspecified atom stereocenters. The average Bonchev–Trinajstić information content (AvgIpc) is 2.36. The summed E-state index contributed by atoms with van der Waals surface area (Å²) in [6.45, 7) is -1.56. The summed E-state index contributed by atoms with van der Waals surface area (Å²) in [7, 11) is -9.94. The minimum absolute atomic E-state index is 0. The monoisotopic (exact) mass is 386 g/mol. The Morgan fingerprint density at radius 3 is 1.70 bits per heavy atom. The maximum atomic E-state index is 10.4. The fraction of sp³-hybridized carbons (Fsp3) is 0.400. The van der Waals surface area contributed by atoms with Crippen LogP contribution in [0.1, 0.15) is 5.56 Å². The average molecular weight is 386 g/mol. The van der Waals surface area contributed by atoms with Crippen LogP contribution in [0, 0.1) is 0 Å². The molecule has 0 aliphatic heterocycles. The summed E-state index contributed by atoms with van der Waals surface area (Å²) in [5.74, 6) is 0. The number of hydrogen-bond donors (Lipinski definition) is 0. The zero-order valence-corrected chi connectivity index (χ0v) is 18.2. The van der Waals surface area contributed by atoms with Crippen LogP contribution >= 0.6 is 0 Å². The third-order valence-electron chi connectivity index (χ3n) is 2.13. The summed E-state index contributed by atoms with van der Waals surface area (Å²) in [6, 6.07) is 8.62. The summed E-state index contributed by atoms with van der Waals surface area (Å²) < 4.78 is 75.2. The predicted octanol–water partition coefficient (Wildman–Crippen LogP) is -6.47. The van der Waals surface area contributed by atoms with Crippen molar-refractivity contribution >= 4 is 20.8 Å². The van der Waals surface area contributed by atoms with Gasteiger partial charge in [-0.2, -0.15) is 0 Å². The van der Waals surface area contributed by atoms with Crippen molar-refractivity contribution in [1.82, 2.24) is 0 Å². The van der Waals surface area contributed by atoms with Gasteiger partial charge in [-0.15, -0.1) is 0 Å². The number of rotatable bonds is 9. The van der Waals surface area contributed by atoms with Crippen molar-refractivity contribution < 1.29 is 98.2 Å². The minimum Gasteiger partial charge on any atom is -0.726 e. The molecular formula is C10H12Na2O9S2. The Labute approximate surface area is 179 Å². The molecule has 0 radical (unpaired) electrons. The molecule has 13 heteroatoms. The van der Waals surface area contributed by atoms with Crippen LogP contribution in [0.5, 0.6) is 0 Å². The summed E-state index contributed by atoms with van der Waals surface area (Å²) in [4.78, 5) is 0. The van der Waals surface area contributed by atoms with Crippen molar-refractivity contribution in [1.29, 1.82) is 0 Å². The molecule has 0 atom stereocenters. The van der Waals surface area contributed by atoms with E-state index >= 15 is 0 Å². The topological polar surface area (TPSA) is 142 Å². The van der Waals surface area contributed by atoms with Crippen molar-refractivity contribution in [2.45, 2.75) is 12.7 Å². The summed E-state index contributed by atoms with van der Waals surface area (Å²) in [6.07, 6.45) is -1.22. The molecule has 0 heterocycles. The van der Waals surface area contributed by atoms with Crippen LogP contribution in [-0.2, 0) is 40.5 Å². The normalized spacial score (nSPS) is 11.6. The van der Waals surface area contributed by atoms with Crippen LogP contribution in [0.25, 0.3) is 0 Å². The molecule has 0 aliphatic carbocycles. The van der Waals surface area contributed by atoms with E-state index in [1.165, 1.54) is 0 Å². The Morgan fingerprint density at radius 1 is 0.870 bits per heavy atom. The molecular weight excluding hydrogens is 374 g/mol. The molecule has 0 amide bonds. The molecule has 0 aliphatic rings. The molecule has 0 aromatic heterocycles. The number of hydrogen-bond acceptors (Lipinski definition) is 9. The molecule has 0 saturated heterocycles. The van der Waals surface area contributed by atoms with Crippen LogP contribution < -0.4 is 59.1 Å². The minimum atomic E-state index is -4.97. The quantitative estimate of drug-likeness (QED) is 0.230. The second-order valence-electron chi connectivity index (χ2n) is 3.80. The summed E-state index contributed by atoms with van der Waals surface area (Å²) in [5.41, 5.74) is 0.706. The van der Waals surface area contributed by atoms with Crippen LogP contribution in [-0.4, -0.2) is 45.3 Å². The van der Waals surface area contributed by atoms with E-state index in [1.54, 1.807) is 30.3 Å². The van der Waals surface area contributed by atoms with Gasteiger partial charge in [0.05, 0.1) is 19.8 Å². The second kappa shape index (κ2) is 12.3. The largest absolute Gasteiger partial charge is 1.00 e. The Morgan fingerprint density at radius 2 is 1.30 bits per heavy atom. The molecule has 120 valence electrons. The second-order valence-corrected chi connectivity index (χ2v) is 5.91. The van der Waals surface area contributed by atoms with E-state index in [9.17, 15) is 25.9 Å². The first-order chi connectivity index (χ1) is 9.66. The van der Waals surface area contributed by atoms with Gasteiger partial charge < -0.3 is 13.8 Å². The molecule has 1 rings (SSSR count).